The second kappa shape index (κ2) is 13.0. The first-order valence-electron chi connectivity index (χ1n) is 11.6. The molecule has 1 atom stereocenters. The van der Waals surface area contributed by atoms with E-state index < -0.39 is 17.7 Å². The number of hydrogen-bond acceptors (Lipinski definition) is 7. The topological polar surface area (TPSA) is 133 Å². The minimum atomic E-state index is -1.10. The molecule has 0 aliphatic rings. The van der Waals surface area contributed by atoms with Gasteiger partial charge < -0.3 is 25.8 Å². The SMILES string of the molecule is C.CC(C)CNC(=O)OCc1cccc2nnc([C@@H](COCc3ccccc3)NC(=O)C(C)(C)N)n12. The van der Waals surface area contributed by atoms with Crippen LogP contribution in [0.1, 0.15) is 58.2 Å². The second-order valence-electron chi connectivity index (χ2n) is 9.37. The number of ether oxygens (including phenoxy) is 2. The summed E-state index contributed by atoms with van der Waals surface area (Å²) in [7, 11) is 0. The Morgan fingerprint density at radius 3 is 2.44 bits per heavy atom. The maximum absolute atomic E-state index is 12.7. The van der Waals surface area contributed by atoms with Crippen molar-refractivity contribution in [3.63, 3.8) is 0 Å². The Morgan fingerprint density at radius 1 is 1.06 bits per heavy atom. The molecule has 0 saturated heterocycles. The van der Waals surface area contributed by atoms with Crippen molar-refractivity contribution < 1.29 is 19.1 Å². The number of benzene rings is 1. The molecule has 0 fully saturated rings. The summed E-state index contributed by atoms with van der Waals surface area (Å²) in [6, 6.07) is 14.5. The average molecular weight is 499 g/mol. The molecule has 10 heteroatoms. The summed E-state index contributed by atoms with van der Waals surface area (Å²) >= 11 is 0. The summed E-state index contributed by atoms with van der Waals surface area (Å²) in [4.78, 5) is 24.8. The lowest BCUT2D eigenvalue weighted by Gasteiger charge is -2.24. The molecular formula is C26H38N6O4. The molecule has 1 aromatic carbocycles. The molecule has 0 radical (unpaired) electrons. The van der Waals surface area contributed by atoms with Crippen molar-refractivity contribution >= 4 is 17.6 Å². The van der Waals surface area contributed by atoms with Crippen LogP contribution in [0.2, 0.25) is 0 Å². The monoisotopic (exact) mass is 498 g/mol. The Morgan fingerprint density at radius 2 is 1.78 bits per heavy atom. The van der Waals surface area contributed by atoms with E-state index in [1.165, 1.54) is 0 Å². The van der Waals surface area contributed by atoms with Gasteiger partial charge in [0, 0.05) is 6.54 Å². The Kier molecular flexibility index (Phi) is 10.4. The van der Waals surface area contributed by atoms with Crippen LogP contribution in [-0.4, -0.2) is 45.3 Å². The van der Waals surface area contributed by atoms with Gasteiger partial charge in [-0.2, -0.15) is 0 Å². The Bertz CT molecular complexity index is 1120. The summed E-state index contributed by atoms with van der Waals surface area (Å²) in [5, 5.41) is 14.2. The molecule has 4 N–H and O–H groups in total. The Balaban J connectivity index is 0.00000456. The highest BCUT2D eigenvalue weighted by Crippen LogP contribution is 2.18. The minimum absolute atomic E-state index is 0. The van der Waals surface area contributed by atoms with Gasteiger partial charge in [-0.15, -0.1) is 10.2 Å². The van der Waals surface area contributed by atoms with Gasteiger partial charge in [0.2, 0.25) is 5.91 Å². The van der Waals surface area contributed by atoms with Gasteiger partial charge in [-0.1, -0.05) is 57.7 Å². The number of nitrogens with one attached hydrogen (secondary N) is 2. The highest BCUT2D eigenvalue weighted by atomic mass is 16.5. The van der Waals surface area contributed by atoms with Gasteiger partial charge in [0.1, 0.15) is 12.6 Å². The van der Waals surface area contributed by atoms with Crippen molar-refractivity contribution in [1.82, 2.24) is 25.2 Å². The molecule has 196 valence electrons. The molecule has 0 unspecified atom stereocenters. The zero-order chi connectivity index (χ0) is 25.4. The van der Waals surface area contributed by atoms with E-state index in [2.05, 4.69) is 20.8 Å². The number of carbonyl (C=O) groups excluding carboxylic acids is 2. The molecule has 0 saturated carbocycles. The van der Waals surface area contributed by atoms with E-state index in [9.17, 15) is 9.59 Å². The lowest BCUT2D eigenvalue weighted by Crippen LogP contribution is -2.51. The van der Waals surface area contributed by atoms with Crippen LogP contribution >= 0.6 is 0 Å². The molecule has 0 aliphatic heterocycles. The number of fused-ring (bicyclic) bond motifs is 1. The van der Waals surface area contributed by atoms with Crippen molar-refractivity contribution in [3.05, 3.63) is 65.6 Å². The van der Waals surface area contributed by atoms with Crippen LogP contribution in [0.4, 0.5) is 4.79 Å². The quantitative estimate of drug-likeness (QED) is 0.369. The molecule has 0 spiro atoms. The van der Waals surface area contributed by atoms with E-state index in [0.29, 0.717) is 36.2 Å². The largest absolute Gasteiger partial charge is 0.443 e. The number of alkyl carbamates (subject to hydrolysis) is 1. The van der Waals surface area contributed by atoms with E-state index in [-0.39, 0.29) is 26.5 Å². The number of rotatable bonds is 11. The van der Waals surface area contributed by atoms with Crippen LogP contribution in [0.25, 0.3) is 5.65 Å². The maximum atomic E-state index is 12.7. The minimum Gasteiger partial charge on any atom is -0.443 e. The number of amides is 2. The van der Waals surface area contributed by atoms with Crippen molar-refractivity contribution in [2.75, 3.05) is 13.2 Å². The number of nitrogens with zero attached hydrogens (tertiary/aromatic N) is 3. The molecular weight excluding hydrogens is 460 g/mol. The number of nitrogens with two attached hydrogens (primary N) is 1. The van der Waals surface area contributed by atoms with Gasteiger partial charge >= 0.3 is 6.09 Å². The Labute approximate surface area is 212 Å². The van der Waals surface area contributed by atoms with Crippen molar-refractivity contribution in [1.29, 1.82) is 0 Å². The number of hydrogen-bond donors (Lipinski definition) is 3. The fourth-order valence-corrected chi connectivity index (χ4v) is 3.24. The maximum Gasteiger partial charge on any atom is 0.407 e. The van der Waals surface area contributed by atoms with Gasteiger partial charge in [0.05, 0.1) is 24.4 Å². The summed E-state index contributed by atoms with van der Waals surface area (Å²) in [6.45, 7) is 8.28. The highest BCUT2D eigenvalue weighted by molar-refractivity contribution is 5.85. The summed E-state index contributed by atoms with van der Waals surface area (Å²) in [5.74, 6) is 0.402. The van der Waals surface area contributed by atoms with Crippen molar-refractivity contribution in [2.45, 2.75) is 59.9 Å². The van der Waals surface area contributed by atoms with E-state index in [0.717, 1.165) is 5.56 Å². The molecule has 2 aromatic heterocycles. The zero-order valence-corrected chi connectivity index (χ0v) is 20.7. The lowest BCUT2D eigenvalue weighted by molar-refractivity contribution is -0.126. The first kappa shape index (κ1) is 28.7. The number of pyridine rings is 1. The smallest absolute Gasteiger partial charge is 0.407 e. The van der Waals surface area contributed by atoms with Gasteiger partial charge in [0.25, 0.3) is 0 Å². The van der Waals surface area contributed by atoms with Gasteiger partial charge in [-0.05, 0) is 37.5 Å². The molecule has 36 heavy (non-hydrogen) atoms. The third-order valence-electron chi connectivity index (χ3n) is 5.14. The molecule has 0 bridgehead atoms. The second-order valence-corrected chi connectivity index (χ2v) is 9.37. The van der Waals surface area contributed by atoms with Crippen LogP contribution in [0, 0.1) is 5.92 Å². The van der Waals surface area contributed by atoms with Crippen LogP contribution in [0.3, 0.4) is 0 Å². The first-order valence-corrected chi connectivity index (χ1v) is 11.6. The van der Waals surface area contributed by atoms with E-state index in [1.807, 2.05) is 50.2 Å². The van der Waals surface area contributed by atoms with E-state index in [1.54, 1.807) is 30.4 Å². The molecule has 0 aliphatic carbocycles. The summed E-state index contributed by atoms with van der Waals surface area (Å²) < 4.78 is 13.1. The van der Waals surface area contributed by atoms with Crippen molar-refractivity contribution in [2.24, 2.45) is 11.7 Å². The molecule has 2 amide bonds. The summed E-state index contributed by atoms with van der Waals surface area (Å²) in [5.41, 5.74) is 7.12. The van der Waals surface area contributed by atoms with E-state index >= 15 is 0 Å². The fourth-order valence-electron chi connectivity index (χ4n) is 3.24. The number of aromatic nitrogens is 3. The Hall–Kier alpha value is -3.50. The third-order valence-corrected chi connectivity index (χ3v) is 5.14. The lowest BCUT2D eigenvalue weighted by atomic mass is 10.1. The normalized spacial score (nSPS) is 12.2. The standard InChI is InChI=1S/C25H34N6O4.CH4/c1-17(2)13-27-24(33)35-15-19-11-8-12-21-29-30-22(31(19)21)20(28-23(32)25(3,4)26)16-34-14-18-9-6-5-7-10-18;/h5-12,17,20H,13-16,26H2,1-4H3,(H,27,33)(H,28,32);1H4/t20-;/m1./s1. The number of carbonyl (C=O) groups is 2. The van der Waals surface area contributed by atoms with Crippen LogP contribution in [-0.2, 0) is 27.5 Å². The molecule has 3 rings (SSSR count). The van der Waals surface area contributed by atoms with E-state index in [4.69, 9.17) is 15.2 Å². The van der Waals surface area contributed by atoms with Gasteiger partial charge in [-0.3, -0.25) is 9.20 Å². The first-order chi connectivity index (χ1) is 16.6. The van der Waals surface area contributed by atoms with Crippen LogP contribution < -0.4 is 16.4 Å². The predicted octanol–water partition coefficient (Wildman–Crippen LogP) is 3.36. The molecule has 3 aromatic rings. The molecule has 2 heterocycles. The average Bonchev–Trinajstić information content (AvgIpc) is 3.25. The van der Waals surface area contributed by atoms with Crippen LogP contribution in [0.5, 0.6) is 0 Å². The summed E-state index contributed by atoms with van der Waals surface area (Å²) in [6.07, 6.45) is -0.508. The highest BCUT2D eigenvalue weighted by Gasteiger charge is 2.28. The van der Waals surface area contributed by atoms with Gasteiger partial charge in [0.15, 0.2) is 11.5 Å². The van der Waals surface area contributed by atoms with Crippen molar-refractivity contribution in [3.8, 4) is 0 Å². The predicted molar refractivity (Wildman–Crippen MR) is 138 cm³/mol. The third kappa shape index (κ3) is 8.03. The van der Waals surface area contributed by atoms with Crippen LogP contribution in [0.15, 0.2) is 48.5 Å². The zero-order valence-electron chi connectivity index (χ0n) is 20.7. The molecule has 10 nitrogen and oxygen atoms in total. The fraction of sp³-hybridized carbons (Fsp3) is 0.462. The van der Waals surface area contributed by atoms with Gasteiger partial charge in [-0.25, -0.2) is 4.79 Å².